The third-order valence-corrected chi connectivity index (χ3v) is 3.79. The van der Waals surface area contributed by atoms with Crippen molar-refractivity contribution in [2.75, 3.05) is 0 Å². The van der Waals surface area contributed by atoms with E-state index in [1.165, 1.54) is 33.5 Å². The fourth-order valence-electron chi connectivity index (χ4n) is 2.42. The summed E-state index contributed by atoms with van der Waals surface area (Å²) in [7, 11) is 0. The lowest BCUT2D eigenvalue weighted by atomic mass is 10.2. The number of halogens is 3. The summed E-state index contributed by atoms with van der Waals surface area (Å²) in [5, 5.41) is 10.6. The van der Waals surface area contributed by atoms with Gasteiger partial charge in [0.15, 0.2) is 5.65 Å². The van der Waals surface area contributed by atoms with Crippen molar-refractivity contribution < 1.29 is 22.7 Å². The molecular formula is C18H20F3N5O3. The van der Waals surface area contributed by atoms with Gasteiger partial charge in [-0.15, -0.1) is 18.3 Å². The van der Waals surface area contributed by atoms with Gasteiger partial charge in [0.25, 0.3) is 0 Å². The molecule has 0 aliphatic rings. The zero-order valence-electron chi connectivity index (χ0n) is 15.8. The number of fused-ring (bicyclic) bond motifs is 1. The minimum Gasteiger partial charge on any atom is -0.406 e. The molecule has 29 heavy (non-hydrogen) atoms. The SMILES string of the molecule is CCc1ccnn2c(=O)n(CC)nc12.O=CNCc1ccc(OC(F)(F)F)cc1. The first-order valence-electron chi connectivity index (χ1n) is 8.74. The van der Waals surface area contributed by atoms with Crippen LogP contribution >= 0.6 is 0 Å². The lowest BCUT2D eigenvalue weighted by molar-refractivity contribution is -0.274. The molecule has 0 saturated heterocycles. The van der Waals surface area contributed by atoms with Crippen LogP contribution in [0.1, 0.15) is 25.0 Å². The highest BCUT2D eigenvalue weighted by Crippen LogP contribution is 2.22. The molecule has 3 aromatic rings. The molecule has 3 rings (SSSR count). The molecular weight excluding hydrogens is 391 g/mol. The van der Waals surface area contributed by atoms with Crippen molar-refractivity contribution in [2.45, 2.75) is 39.7 Å². The van der Waals surface area contributed by atoms with Gasteiger partial charge in [-0.1, -0.05) is 19.1 Å². The molecule has 11 heteroatoms. The third-order valence-electron chi connectivity index (χ3n) is 3.79. The van der Waals surface area contributed by atoms with Gasteiger partial charge in [0, 0.05) is 24.8 Å². The lowest BCUT2D eigenvalue weighted by Gasteiger charge is -2.08. The van der Waals surface area contributed by atoms with E-state index >= 15 is 0 Å². The average molecular weight is 411 g/mol. The van der Waals surface area contributed by atoms with Crippen LogP contribution in [0.25, 0.3) is 5.65 Å². The third kappa shape index (κ3) is 6.06. The Labute approximate surface area is 163 Å². The summed E-state index contributed by atoms with van der Waals surface area (Å²) in [4.78, 5) is 21.6. The minimum absolute atomic E-state index is 0.169. The number of nitrogens with zero attached hydrogens (tertiary/aromatic N) is 4. The maximum Gasteiger partial charge on any atom is 0.573 e. The summed E-state index contributed by atoms with van der Waals surface area (Å²) in [5.41, 5.74) is 2.24. The number of hydrogen-bond acceptors (Lipinski definition) is 5. The van der Waals surface area contributed by atoms with Gasteiger partial charge in [-0.2, -0.15) is 9.61 Å². The predicted molar refractivity (Wildman–Crippen MR) is 98.3 cm³/mol. The van der Waals surface area contributed by atoms with Gasteiger partial charge in [-0.25, -0.2) is 9.48 Å². The Morgan fingerprint density at radius 1 is 1.17 bits per heavy atom. The molecule has 0 saturated carbocycles. The second-order valence-electron chi connectivity index (χ2n) is 5.73. The van der Waals surface area contributed by atoms with Crippen molar-refractivity contribution in [1.29, 1.82) is 0 Å². The zero-order valence-corrected chi connectivity index (χ0v) is 15.8. The summed E-state index contributed by atoms with van der Waals surface area (Å²) in [5.74, 6) is -0.280. The quantitative estimate of drug-likeness (QED) is 0.629. The minimum atomic E-state index is -4.68. The Morgan fingerprint density at radius 3 is 2.41 bits per heavy atom. The number of alkyl halides is 3. The zero-order chi connectivity index (χ0) is 21.4. The largest absolute Gasteiger partial charge is 0.573 e. The van der Waals surface area contributed by atoms with Crippen LogP contribution in [0, 0.1) is 0 Å². The Balaban J connectivity index is 0.000000207. The Kier molecular flexibility index (Phi) is 7.34. The van der Waals surface area contributed by atoms with Gasteiger partial charge in [0.2, 0.25) is 6.41 Å². The summed E-state index contributed by atoms with van der Waals surface area (Å²) < 4.78 is 41.7. The number of rotatable bonds is 6. The number of carbonyl (C=O) groups is 1. The molecule has 2 aromatic heterocycles. The number of aryl methyl sites for hydroxylation is 2. The fourth-order valence-corrected chi connectivity index (χ4v) is 2.42. The topological polar surface area (TPSA) is 90.5 Å². The average Bonchev–Trinajstić information content (AvgIpc) is 3.03. The van der Waals surface area contributed by atoms with E-state index < -0.39 is 6.36 Å². The predicted octanol–water partition coefficient (Wildman–Crippen LogP) is 2.30. The highest BCUT2D eigenvalue weighted by molar-refractivity contribution is 5.46. The summed E-state index contributed by atoms with van der Waals surface area (Å²) in [6.07, 6.45) is -1.68. The molecule has 0 aliphatic heterocycles. The lowest BCUT2D eigenvalue weighted by Crippen LogP contribution is -2.21. The van der Waals surface area contributed by atoms with Crippen LogP contribution < -0.4 is 15.7 Å². The molecule has 0 bridgehead atoms. The molecule has 0 fully saturated rings. The fraction of sp³-hybridized carbons (Fsp3) is 0.333. The van der Waals surface area contributed by atoms with Crippen LogP contribution in [0.2, 0.25) is 0 Å². The molecule has 0 spiro atoms. The van der Waals surface area contributed by atoms with Crippen molar-refractivity contribution in [3.8, 4) is 5.75 Å². The number of benzene rings is 1. The van der Waals surface area contributed by atoms with E-state index in [0.717, 1.165) is 12.0 Å². The van der Waals surface area contributed by atoms with Crippen LogP contribution in [-0.4, -0.2) is 32.2 Å². The van der Waals surface area contributed by atoms with Crippen molar-refractivity contribution in [1.82, 2.24) is 24.7 Å². The monoisotopic (exact) mass is 411 g/mol. The second kappa shape index (κ2) is 9.71. The molecule has 1 aromatic carbocycles. The van der Waals surface area contributed by atoms with E-state index in [9.17, 15) is 22.8 Å². The number of amides is 1. The van der Waals surface area contributed by atoms with Gasteiger partial charge in [0.1, 0.15) is 5.75 Å². The van der Waals surface area contributed by atoms with E-state index in [2.05, 4.69) is 20.3 Å². The van der Waals surface area contributed by atoms with E-state index in [4.69, 9.17) is 0 Å². The standard InChI is InChI=1S/C9H8F3NO2.C9H12N4O/c10-9(11,12)15-8-3-1-7(2-4-8)5-13-6-14;1-3-7-5-6-10-13-8(7)11-12(4-2)9(13)14/h1-4,6H,5H2,(H,13,14);5-6H,3-4H2,1-2H3. The first-order valence-corrected chi connectivity index (χ1v) is 8.74. The van der Waals surface area contributed by atoms with E-state index in [-0.39, 0.29) is 18.0 Å². The van der Waals surface area contributed by atoms with Crippen LogP contribution in [0.15, 0.2) is 41.3 Å². The van der Waals surface area contributed by atoms with Crippen LogP contribution in [-0.2, 0) is 24.3 Å². The second-order valence-corrected chi connectivity index (χ2v) is 5.73. The highest BCUT2D eigenvalue weighted by atomic mass is 19.4. The first-order chi connectivity index (χ1) is 13.8. The van der Waals surface area contributed by atoms with Gasteiger partial charge >= 0.3 is 12.1 Å². The van der Waals surface area contributed by atoms with E-state index in [0.29, 0.717) is 24.2 Å². The molecule has 0 radical (unpaired) electrons. The number of nitrogens with one attached hydrogen (secondary N) is 1. The summed E-state index contributed by atoms with van der Waals surface area (Å²) in [6, 6.07) is 7.15. The molecule has 1 amide bonds. The molecule has 0 unspecified atom stereocenters. The van der Waals surface area contributed by atoms with Gasteiger partial charge in [-0.3, -0.25) is 4.79 Å². The van der Waals surface area contributed by atoms with Crippen LogP contribution in [0.3, 0.4) is 0 Å². The normalized spacial score (nSPS) is 10.9. The maximum atomic E-state index is 11.8. The molecule has 2 heterocycles. The summed E-state index contributed by atoms with van der Waals surface area (Å²) in [6.45, 7) is 4.77. The molecule has 1 N–H and O–H groups in total. The number of hydrogen-bond donors (Lipinski definition) is 1. The maximum absolute atomic E-state index is 11.8. The number of aromatic nitrogens is 4. The van der Waals surface area contributed by atoms with Gasteiger partial charge in [-0.05, 0) is 37.1 Å². The van der Waals surface area contributed by atoms with Crippen molar-refractivity contribution in [3.63, 3.8) is 0 Å². The van der Waals surface area contributed by atoms with Crippen molar-refractivity contribution >= 4 is 12.1 Å². The Morgan fingerprint density at radius 2 is 1.86 bits per heavy atom. The Bertz CT molecular complexity index is 997. The number of ether oxygens (including phenoxy) is 1. The van der Waals surface area contributed by atoms with Crippen molar-refractivity contribution in [3.05, 3.63) is 58.1 Å². The Hall–Kier alpha value is -3.37. The van der Waals surface area contributed by atoms with E-state index in [1.807, 2.05) is 19.9 Å². The smallest absolute Gasteiger partial charge is 0.406 e. The highest BCUT2D eigenvalue weighted by Gasteiger charge is 2.30. The molecule has 156 valence electrons. The van der Waals surface area contributed by atoms with E-state index in [1.54, 1.807) is 6.20 Å². The summed E-state index contributed by atoms with van der Waals surface area (Å²) >= 11 is 0. The van der Waals surface area contributed by atoms with Crippen LogP contribution in [0.5, 0.6) is 5.75 Å². The van der Waals surface area contributed by atoms with Crippen molar-refractivity contribution in [2.24, 2.45) is 0 Å². The molecule has 8 nitrogen and oxygen atoms in total. The molecule has 0 atom stereocenters. The van der Waals surface area contributed by atoms with Crippen LogP contribution in [0.4, 0.5) is 13.2 Å². The number of carbonyl (C=O) groups excluding carboxylic acids is 1. The van der Waals surface area contributed by atoms with Gasteiger partial charge < -0.3 is 10.1 Å². The first kappa shape index (κ1) is 21.9. The van der Waals surface area contributed by atoms with Gasteiger partial charge in [0.05, 0.1) is 0 Å². The molecule has 0 aliphatic carbocycles.